The second-order valence-electron chi connectivity index (χ2n) is 7.48. The topological polar surface area (TPSA) is 41.6 Å². The fourth-order valence-electron chi connectivity index (χ4n) is 3.24. The Morgan fingerprint density at radius 2 is 1.50 bits per heavy atom. The van der Waals surface area contributed by atoms with Gasteiger partial charge in [-0.25, -0.2) is 0 Å². The van der Waals surface area contributed by atoms with E-state index in [9.17, 15) is 4.79 Å². The predicted molar refractivity (Wildman–Crippen MR) is 123 cm³/mol. The number of carbonyl (C=O) groups excluding carboxylic acids is 1. The third kappa shape index (κ3) is 5.85. The molecule has 0 heterocycles. The Hall–Kier alpha value is -2.82. The molecule has 3 rings (SSSR count). The van der Waals surface area contributed by atoms with Crippen LogP contribution in [-0.4, -0.2) is 38.6 Å². The fraction of sp³-hybridized carbons (Fsp3) is 0.240. The van der Waals surface area contributed by atoms with E-state index in [1.54, 1.807) is 7.11 Å². The Kier molecular flexibility index (Phi) is 7.50. The molecule has 0 unspecified atom stereocenters. The van der Waals surface area contributed by atoms with Gasteiger partial charge in [0.25, 0.3) is 5.91 Å². The maximum atomic E-state index is 12.9. The Morgan fingerprint density at radius 1 is 0.933 bits per heavy atom. The standard InChI is InChI=1S/C25H27ClN2O2/c1-28(2)17-16-24(20-8-12-22(26)13-9-20)27-25(29)21-6-4-18(5-7-21)19-10-14-23(30-3)15-11-19/h4-15,24H,16-17H2,1-3H3,(H,27,29)/t24-/m0/s1. The number of benzene rings is 3. The number of methoxy groups -OCH3 is 1. The van der Waals surface area contributed by atoms with Gasteiger partial charge in [-0.05, 0) is 80.1 Å². The molecular weight excluding hydrogens is 396 g/mol. The van der Waals surface area contributed by atoms with Crippen molar-refractivity contribution in [1.82, 2.24) is 10.2 Å². The van der Waals surface area contributed by atoms with Crippen molar-refractivity contribution in [2.24, 2.45) is 0 Å². The van der Waals surface area contributed by atoms with Gasteiger partial charge in [0.2, 0.25) is 0 Å². The summed E-state index contributed by atoms with van der Waals surface area (Å²) in [5.41, 5.74) is 3.81. The first-order valence-electron chi connectivity index (χ1n) is 9.92. The summed E-state index contributed by atoms with van der Waals surface area (Å²) in [6.07, 6.45) is 0.810. The summed E-state index contributed by atoms with van der Waals surface area (Å²) in [6, 6.07) is 23.1. The molecule has 0 bridgehead atoms. The van der Waals surface area contributed by atoms with Crippen molar-refractivity contribution in [3.8, 4) is 16.9 Å². The Labute approximate surface area is 183 Å². The molecule has 0 radical (unpaired) electrons. The first-order valence-corrected chi connectivity index (χ1v) is 10.3. The van der Waals surface area contributed by atoms with Crippen molar-refractivity contribution < 1.29 is 9.53 Å². The summed E-state index contributed by atoms with van der Waals surface area (Å²) in [5, 5.41) is 3.86. The van der Waals surface area contributed by atoms with E-state index in [-0.39, 0.29) is 11.9 Å². The maximum absolute atomic E-state index is 12.9. The molecule has 30 heavy (non-hydrogen) atoms. The molecule has 0 aromatic heterocycles. The summed E-state index contributed by atoms with van der Waals surface area (Å²) in [6.45, 7) is 0.865. The lowest BCUT2D eigenvalue weighted by Gasteiger charge is -2.21. The highest BCUT2D eigenvalue weighted by molar-refractivity contribution is 6.30. The van der Waals surface area contributed by atoms with Gasteiger partial charge < -0.3 is 15.0 Å². The minimum absolute atomic E-state index is 0.0848. The molecular formula is C25H27ClN2O2. The number of rotatable bonds is 8. The van der Waals surface area contributed by atoms with E-state index in [2.05, 4.69) is 10.2 Å². The van der Waals surface area contributed by atoms with Gasteiger partial charge in [0.1, 0.15) is 5.75 Å². The first-order chi connectivity index (χ1) is 14.5. The van der Waals surface area contributed by atoms with Crippen molar-refractivity contribution in [1.29, 1.82) is 0 Å². The highest BCUT2D eigenvalue weighted by Gasteiger charge is 2.16. The van der Waals surface area contributed by atoms with E-state index in [4.69, 9.17) is 16.3 Å². The molecule has 4 nitrogen and oxygen atoms in total. The van der Waals surface area contributed by atoms with Gasteiger partial charge in [0.05, 0.1) is 13.2 Å². The van der Waals surface area contributed by atoms with Crippen LogP contribution in [0.1, 0.15) is 28.4 Å². The van der Waals surface area contributed by atoms with E-state index >= 15 is 0 Å². The number of hydrogen-bond donors (Lipinski definition) is 1. The van der Waals surface area contributed by atoms with Crippen molar-refractivity contribution in [2.75, 3.05) is 27.7 Å². The minimum Gasteiger partial charge on any atom is -0.497 e. The van der Waals surface area contributed by atoms with Crippen molar-refractivity contribution in [3.05, 3.63) is 88.9 Å². The van der Waals surface area contributed by atoms with E-state index in [0.717, 1.165) is 35.4 Å². The summed E-state index contributed by atoms with van der Waals surface area (Å²) in [7, 11) is 5.70. The summed E-state index contributed by atoms with van der Waals surface area (Å²) in [5.74, 6) is 0.732. The molecule has 0 saturated heterocycles. The predicted octanol–water partition coefficient (Wildman–Crippen LogP) is 5.44. The van der Waals surface area contributed by atoms with E-state index < -0.39 is 0 Å². The molecule has 1 N–H and O–H groups in total. The van der Waals surface area contributed by atoms with E-state index in [1.165, 1.54) is 0 Å². The van der Waals surface area contributed by atoms with Crippen LogP contribution in [0.25, 0.3) is 11.1 Å². The zero-order chi connectivity index (χ0) is 21.5. The SMILES string of the molecule is COc1ccc(-c2ccc(C(=O)N[C@@H](CCN(C)C)c3ccc(Cl)cc3)cc2)cc1. The average Bonchev–Trinajstić information content (AvgIpc) is 2.77. The highest BCUT2D eigenvalue weighted by Crippen LogP contribution is 2.24. The van der Waals surface area contributed by atoms with Gasteiger partial charge >= 0.3 is 0 Å². The lowest BCUT2D eigenvalue weighted by Crippen LogP contribution is -2.31. The molecule has 156 valence electrons. The molecule has 0 spiro atoms. The van der Waals surface area contributed by atoms with Crippen molar-refractivity contribution in [2.45, 2.75) is 12.5 Å². The van der Waals surface area contributed by atoms with Gasteiger partial charge in [0.15, 0.2) is 0 Å². The Morgan fingerprint density at radius 3 is 2.03 bits per heavy atom. The summed E-state index contributed by atoms with van der Waals surface area (Å²) >= 11 is 6.03. The number of carbonyl (C=O) groups is 1. The highest BCUT2D eigenvalue weighted by atomic mass is 35.5. The van der Waals surface area contributed by atoms with Crippen LogP contribution in [0.4, 0.5) is 0 Å². The number of nitrogens with zero attached hydrogens (tertiary/aromatic N) is 1. The Bertz CT molecular complexity index is 952. The van der Waals surface area contributed by atoms with Crippen LogP contribution in [0.15, 0.2) is 72.8 Å². The zero-order valence-electron chi connectivity index (χ0n) is 17.6. The quantitative estimate of drug-likeness (QED) is 0.525. The van der Waals surface area contributed by atoms with Crippen LogP contribution in [0.2, 0.25) is 5.02 Å². The zero-order valence-corrected chi connectivity index (χ0v) is 18.3. The molecule has 0 aliphatic rings. The van der Waals surface area contributed by atoms with Crippen molar-refractivity contribution in [3.63, 3.8) is 0 Å². The molecule has 3 aromatic rings. The maximum Gasteiger partial charge on any atom is 0.251 e. The van der Waals surface area contributed by atoms with Crippen LogP contribution in [0.5, 0.6) is 5.75 Å². The lowest BCUT2D eigenvalue weighted by atomic mass is 10.0. The fourth-order valence-corrected chi connectivity index (χ4v) is 3.37. The molecule has 0 saturated carbocycles. The molecule has 5 heteroatoms. The first kappa shape index (κ1) is 21.9. The Balaban J connectivity index is 1.73. The molecule has 0 fully saturated rings. The summed E-state index contributed by atoms with van der Waals surface area (Å²) in [4.78, 5) is 15.0. The normalized spacial score (nSPS) is 11.9. The van der Waals surface area contributed by atoms with Crippen LogP contribution in [0.3, 0.4) is 0 Å². The lowest BCUT2D eigenvalue weighted by molar-refractivity contribution is 0.0932. The molecule has 3 aromatic carbocycles. The largest absolute Gasteiger partial charge is 0.497 e. The van der Waals surface area contributed by atoms with Crippen LogP contribution >= 0.6 is 11.6 Å². The molecule has 1 atom stereocenters. The summed E-state index contributed by atoms with van der Waals surface area (Å²) < 4.78 is 5.21. The average molecular weight is 423 g/mol. The second-order valence-corrected chi connectivity index (χ2v) is 7.91. The number of nitrogens with one attached hydrogen (secondary N) is 1. The monoisotopic (exact) mass is 422 g/mol. The van der Waals surface area contributed by atoms with Gasteiger partial charge in [-0.3, -0.25) is 4.79 Å². The van der Waals surface area contributed by atoms with Gasteiger partial charge in [0, 0.05) is 10.6 Å². The second kappa shape index (κ2) is 10.3. The van der Waals surface area contributed by atoms with Gasteiger partial charge in [-0.2, -0.15) is 0 Å². The molecule has 0 aliphatic heterocycles. The number of amides is 1. The number of halogens is 1. The smallest absolute Gasteiger partial charge is 0.251 e. The third-order valence-electron chi connectivity index (χ3n) is 5.01. The van der Waals surface area contributed by atoms with Gasteiger partial charge in [-0.1, -0.05) is 48.0 Å². The van der Waals surface area contributed by atoms with Gasteiger partial charge in [-0.15, -0.1) is 0 Å². The van der Waals surface area contributed by atoms with E-state index in [1.807, 2.05) is 86.9 Å². The molecule has 1 amide bonds. The minimum atomic E-state index is -0.0880. The number of hydrogen-bond acceptors (Lipinski definition) is 3. The van der Waals surface area contributed by atoms with E-state index in [0.29, 0.717) is 10.6 Å². The van der Waals surface area contributed by atoms with Crippen LogP contribution in [-0.2, 0) is 0 Å². The van der Waals surface area contributed by atoms with Crippen LogP contribution < -0.4 is 10.1 Å². The third-order valence-corrected chi connectivity index (χ3v) is 5.27. The molecule has 0 aliphatic carbocycles. The van der Waals surface area contributed by atoms with Crippen molar-refractivity contribution >= 4 is 17.5 Å². The van der Waals surface area contributed by atoms with Crippen LogP contribution in [0, 0.1) is 0 Å². The number of ether oxygens (including phenoxy) is 1.